The first-order valence-corrected chi connectivity index (χ1v) is 8.21. The summed E-state index contributed by atoms with van der Waals surface area (Å²) in [6.45, 7) is 5.45. The molecule has 0 radical (unpaired) electrons. The molecule has 0 amide bonds. The van der Waals surface area contributed by atoms with E-state index in [2.05, 4.69) is 34.3 Å². The van der Waals surface area contributed by atoms with E-state index >= 15 is 0 Å². The van der Waals surface area contributed by atoms with Crippen LogP contribution in [0.25, 0.3) is 0 Å². The van der Waals surface area contributed by atoms with E-state index in [0.717, 1.165) is 25.8 Å². The fourth-order valence-corrected chi connectivity index (χ4v) is 2.57. The first-order valence-electron chi connectivity index (χ1n) is 8.21. The number of nitrogens with zero attached hydrogens (tertiary/aromatic N) is 3. The summed E-state index contributed by atoms with van der Waals surface area (Å²) in [7, 11) is 3.52. The third-order valence-electron chi connectivity index (χ3n) is 3.99. The van der Waals surface area contributed by atoms with E-state index < -0.39 is 0 Å². The molecule has 0 fully saturated rings. The van der Waals surface area contributed by atoms with Crippen LogP contribution in [0.5, 0.6) is 11.6 Å². The lowest BCUT2D eigenvalue weighted by Gasteiger charge is -2.24. The molecule has 1 N–H and O–H groups in total. The minimum absolute atomic E-state index is 0.120. The van der Waals surface area contributed by atoms with E-state index in [1.54, 1.807) is 25.4 Å². The summed E-state index contributed by atoms with van der Waals surface area (Å²) in [6, 6.07) is 3.53. The molecule has 2 aromatic rings. The Bertz CT molecular complexity index is 615. The molecule has 2 heterocycles. The Morgan fingerprint density at radius 1 is 1.25 bits per heavy atom. The van der Waals surface area contributed by atoms with Crippen molar-refractivity contribution < 1.29 is 13.9 Å². The van der Waals surface area contributed by atoms with Crippen LogP contribution in [0.15, 0.2) is 22.7 Å². The lowest BCUT2D eigenvalue weighted by atomic mass is 9.82. The fraction of sp³-hybridized carbons (Fsp3) is 0.588. The summed E-state index contributed by atoms with van der Waals surface area (Å²) in [5.74, 6) is 2.31. The van der Waals surface area contributed by atoms with Gasteiger partial charge in [0.1, 0.15) is 5.75 Å². The van der Waals surface area contributed by atoms with Crippen molar-refractivity contribution in [2.45, 2.75) is 45.1 Å². The van der Waals surface area contributed by atoms with Crippen molar-refractivity contribution in [3.8, 4) is 11.6 Å². The van der Waals surface area contributed by atoms with Crippen LogP contribution in [0.1, 0.15) is 44.9 Å². The zero-order valence-electron chi connectivity index (χ0n) is 14.8. The topological polar surface area (TPSA) is 82.3 Å². The van der Waals surface area contributed by atoms with Gasteiger partial charge in [0, 0.05) is 11.5 Å². The monoisotopic (exact) mass is 334 g/mol. The Morgan fingerprint density at radius 3 is 2.71 bits per heavy atom. The number of pyridine rings is 1. The number of hydrogen-bond acceptors (Lipinski definition) is 7. The minimum atomic E-state index is -0.120. The summed E-state index contributed by atoms with van der Waals surface area (Å²) in [4.78, 5) is 4.09. The molecule has 0 saturated heterocycles. The second-order valence-electron chi connectivity index (χ2n) is 5.99. The van der Waals surface area contributed by atoms with Gasteiger partial charge < -0.3 is 19.2 Å². The summed E-state index contributed by atoms with van der Waals surface area (Å²) >= 11 is 0. The average molecular weight is 334 g/mol. The molecule has 1 unspecified atom stereocenters. The highest BCUT2D eigenvalue weighted by Gasteiger charge is 2.31. The van der Waals surface area contributed by atoms with Gasteiger partial charge in [0.05, 0.1) is 13.3 Å². The van der Waals surface area contributed by atoms with Crippen LogP contribution >= 0.6 is 0 Å². The van der Waals surface area contributed by atoms with E-state index in [0.29, 0.717) is 23.4 Å². The Kier molecular flexibility index (Phi) is 6.54. The van der Waals surface area contributed by atoms with Gasteiger partial charge in [-0.2, -0.15) is 0 Å². The molecular formula is C17H26N4O3. The van der Waals surface area contributed by atoms with Crippen molar-refractivity contribution in [1.29, 1.82) is 0 Å². The first kappa shape index (κ1) is 18.2. The van der Waals surface area contributed by atoms with Gasteiger partial charge in [-0.1, -0.05) is 20.3 Å². The van der Waals surface area contributed by atoms with Gasteiger partial charge in [-0.3, -0.25) is 0 Å². The highest BCUT2D eigenvalue weighted by atomic mass is 16.5. The van der Waals surface area contributed by atoms with Crippen LogP contribution in [-0.2, 0) is 12.0 Å². The van der Waals surface area contributed by atoms with Crippen molar-refractivity contribution in [3.05, 3.63) is 30.1 Å². The molecule has 1 atom stereocenters. The van der Waals surface area contributed by atoms with Gasteiger partial charge >= 0.3 is 0 Å². The quantitative estimate of drug-likeness (QED) is 0.715. The molecule has 0 aliphatic heterocycles. The molecule has 2 rings (SSSR count). The van der Waals surface area contributed by atoms with Crippen molar-refractivity contribution >= 4 is 0 Å². The third kappa shape index (κ3) is 4.67. The van der Waals surface area contributed by atoms with Crippen molar-refractivity contribution in [2.75, 3.05) is 20.7 Å². The predicted octanol–water partition coefficient (Wildman–Crippen LogP) is 2.72. The van der Waals surface area contributed by atoms with Gasteiger partial charge in [-0.05, 0) is 32.5 Å². The summed E-state index contributed by atoms with van der Waals surface area (Å²) in [5, 5.41) is 11.5. The fourth-order valence-electron chi connectivity index (χ4n) is 2.57. The zero-order valence-corrected chi connectivity index (χ0v) is 14.8. The molecular weight excluding hydrogens is 308 g/mol. The van der Waals surface area contributed by atoms with Crippen LogP contribution in [-0.4, -0.2) is 35.9 Å². The maximum absolute atomic E-state index is 5.84. The summed E-state index contributed by atoms with van der Waals surface area (Å²) in [5.41, 5.74) is -0.120. The SMILES string of the molecule is CCCC(C)(CCNC)c1nnc(COc2ccc(OC)nc2)o1. The van der Waals surface area contributed by atoms with E-state index in [9.17, 15) is 0 Å². The summed E-state index contributed by atoms with van der Waals surface area (Å²) < 4.78 is 16.5. The molecule has 7 nitrogen and oxygen atoms in total. The molecule has 2 aromatic heterocycles. The number of nitrogens with one attached hydrogen (secondary N) is 1. The van der Waals surface area contributed by atoms with Gasteiger partial charge in [-0.15, -0.1) is 10.2 Å². The Hall–Kier alpha value is -2.15. The largest absolute Gasteiger partial charge is 0.482 e. The van der Waals surface area contributed by atoms with Crippen LogP contribution in [0.3, 0.4) is 0 Å². The van der Waals surface area contributed by atoms with E-state index in [-0.39, 0.29) is 12.0 Å². The third-order valence-corrected chi connectivity index (χ3v) is 3.99. The summed E-state index contributed by atoms with van der Waals surface area (Å²) in [6.07, 6.45) is 4.61. The number of rotatable bonds is 10. The second-order valence-corrected chi connectivity index (χ2v) is 5.99. The van der Waals surface area contributed by atoms with Crippen molar-refractivity contribution in [2.24, 2.45) is 0 Å². The van der Waals surface area contributed by atoms with Gasteiger partial charge in [0.15, 0.2) is 6.61 Å². The molecule has 0 aliphatic carbocycles. The van der Waals surface area contributed by atoms with Gasteiger partial charge in [0.2, 0.25) is 11.8 Å². The van der Waals surface area contributed by atoms with E-state index in [1.165, 1.54) is 0 Å². The molecule has 0 aromatic carbocycles. The molecule has 24 heavy (non-hydrogen) atoms. The number of aromatic nitrogens is 3. The zero-order chi connectivity index (χ0) is 17.4. The van der Waals surface area contributed by atoms with Gasteiger partial charge in [-0.25, -0.2) is 4.98 Å². The number of methoxy groups -OCH3 is 1. The first-order chi connectivity index (χ1) is 11.6. The predicted molar refractivity (Wildman–Crippen MR) is 90.2 cm³/mol. The van der Waals surface area contributed by atoms with E-state index in [1.807, 2.05) is 7.05 Å². The molecule has 7 heteroatoms. The van der Waals surface area contributed by atoms with Crippen LogP contribution < -0.4 is 14.8 Å². The van der Waals surface area contributed by atoms with Crippen LogP contribution in [0.2, 0.25) is 0 Å². The Balaban J connectivity index is 2.00. The Morgan fingerprint density at radius 2 is 2.08 bits per heavy atom. The maximum Gasteiger partial charge on any atom is 0.253 e. The molecule has 0 aliphatic rings. The maximum atomic E-state index is 5.84. The highest BCUT2D eigenvalue weighted by molar-refractivity contribution is 5.22. The highest BCUT2D eigenvalue weighted by Crippen LogP contribution is 2.31. The normalized spacial score (nSPS) is 13.5. The van der Waals surface area contributed by atoms with Crippen LogP contribution in [0.4, 0.5) is 0 Å². The molecule has 0 saturated carbocycles. The van der Waals surface area contributed by atoms with Crippen molar-refractivity contribution in [1.82, 2.24) is 20.5 Å². The standard InChI is InChI=1S/C17H26N4O3/c1-5-8-17(2,9-10-18-3)16-21-20-15(24-16)12-23-13-6-7-14(22-4)19-11-13/h6-7,11,18H,5,8-10,12H2,1-4H3. The van der Waals surface area contributed by atoms with Crippen LogP contribution in [0, 0.1) is 0 Å². The number of ether oxygens (including phenoxy) is 2. The second kappa shape index (κ2) is 8.63. The minimum Gasteiger partial charge on any atom is -0.482 e. The molecule has 0 spiro atoms. The lowest BCUT2D eigenvalue weighted by molar-refractivity contribution is 0.238. The molecule has 0 bridgehead atoms. The van der Waals surface area contributed by atoms with Gasteiger partial charge in [0.25, 0.3) is 5.89 Å². The number of hydrogen-bond donors (Lipinski definition) is 1. The molecule has 132 valence electrons. The van der Waals surface area contributed by atoms with Crippen molar-refractivity contribution in [3.63, 3.8) is 0 Å². The average Bonchev–Trinajstić information content (AvgIpc) is 3.09. The van der Waals surface area contributed by atoms with E-state index in [4.69, 9.17) is 13.9 Å². The lowest BCUT2D eigenvalue weighted by Crippen LogP contribution is -2.27. The Labute approximate surface area is 142 Å². The smallest absolute Gasteiger partial charge is 0.253 e.